The summed E-state index contributed by atoms with van der Waals surface area (Å²) in [5, 5.41) is 20.6. The Bertz CT molecular complexity index is 1640. The van der Waals surface area contributed by atoms with Crippen LogP contribution in [0.5, 0.6) is 11.5 Å². The van der Waals surface area contributed by atoms with Crippen molar-refractivity contribution in [2.24, 2.45) is 0 Å². The summed E-state index contributed by atoms with van der Waals surface area (Å²) >= 11 is 7.23. The average molecular weight is 710 g/mol. The summed E-state index contributed by atoms with van der Waals surface area (Å²) in [5.41, 5.74) is 5.23. The second-order valence-corrected chi connectivity index (χ2v) is 11.9. The van der Waals surface area contributed by atoms with E-state index in [4.69, 9.17) is 9.47 Å². The lowest BCUT2D eigenvalue weighted by Crippen LogP contribution is -2.15. The Labute approximate surface area is 268 Å². The van der Waals surface area contributed by atoms with Gasteiger partial charge < -0.3 is 19.7 Å². The molecule has 0 amide bonds. The zero-order valence-corrected chi connectivity index (χ0v) is 27.5. The summed E-state index contributed by atoms with van der Waals surface area (Å²) in [6, 6.07) is 19.8. The summed E-state index contributed by atoms with van der Waals surface area (Å²) in [6.07, 6.45) is 5.72. The van der Waals surface area contributed by atoms with Crippen LogP contribution in [0.2, 0.25) is 0 Å². The van der Waals surface area contributed by atoms with E-state index in [0.29, 0.717) is 13.2 Å². The zero-order chi connectivity index (χ0) is 30.2. The van der Waals surface area contributed by atoms with Crippen LogP contribution in [0.4, 0.5) is 0 Å². The first-order valence-corrected chi connectivity index (χ1v) is 15.6. The summed E-state index contributed by atoms with van der Waals surface area (Å²) in [5.74, 6) is 1.61. The van der Waals surface area contributed by atoms with Gasteiger partial charge in [0.05, 0.1) is 45.9 Å². The first-order valence-electron chi connectivity index (χ1n) is 14.0. The third kappa shape index (κ3) is 8.08. The molecule has 0 aliphatic heterocycles. The Morgan fingerprint density at radius 2 is 1.21 bits per heavy atom. The molecule has 0 atom stereocenters. The lowest BCUT2D eigenvalue weighted by Gasteiger charge is -2.12. The fourth-order valence-corrected chi connectivity index (χ4v) is 5.31. The molecule has 0 spiro atoms. The molecule has 2 heterocycles. The number of benzene rings is 3. The summed E-state index contributed by atoms with van der Waals surface area (Å²) in [7, 11) is 6.05. The third-order valence-electron chi connectivity index (χ3n) is 6.66. The van der Waals surface area contributed by atoms with E-state index in [-0.39, 0.29) is 0 Å². The van der Waals surface area contributed by atoms with E-state index in [1.165, 1.54) is 0 Å². The van der Waals surface area contributed by atoms with Crippen molar-refractivity contribution in [2.75, 3.05) is 47.4 Å². The van der Waals surface area contributed by atoms with Gasteiger partial charge in [-0.1, -0.05) is 34.7 Å². The fourth-order valence-electron chi connectivity index (χ4n) is 4.35. The summed E-state index contributed by atoms with van der Waals surface area (Å²) < 4.78 is 17.0. The van der Waals surface area contributed by atoms with Gasteiger partial charge in [0.1, 0.15) is 22.9 Å². The lowest BCUT2D eigenvalue weighted by molar-refractivity contribution is 0.280. The molecule has 0 saturated carbocycles. The average Bonchev–Trinajstić information content (AvgIpc) is 3.70. The monoisotopic (exact) mass is 708 g/mol. The standard InChI is InChI=1S/C31H34Br2N8O2/c1-34-14-4-16-42-30-12-10-24(18-26(30)32)40-20-28(35-37-40)22-6-8-23(9-7-22)29-21-41(38-36-29)25-11-13-31(27(33)19-25)43-17-5-15-39(2)3/h6-13,18-21,34H,4-5,14-17H2,1-3H3. The number of hydrogen-bond acceptors (Lipinski definition) is 8. The Balaban J connectivity index is 1.22. The second kappa shape index (κ2) is 14.7. The van der Waals surface area contributed by atoms with Crippen molar-refractivity contribution >= 4 is 31.9 Å². The highest BCUT2D eigenvalue weighted by Gasteiger charge is 2.11. The number of halogens is 2. The van der Waals surface area contributed by atoms with Crippen LogP contribution < -0.4 is 14.8 Å². The van der Waals surface area contributed by atoms with Crippen LogP contribution in [-0.4, -0.2) is 82.3 Å². The van der Waals surface area contributed by atoms with Crippen molar-refractivity contribution in [3.63, 3.8) is 0 Å². The van der Waals surface area contributed by atoms with Gasteiger partial charge >= 0.3 is 0 Å². The Morgan fingerprint density at radius 1 is 0.721 bits per heavy atom. The van der Waals surface area contributed by atoms with Gasteiger partial charge in [0.2, 0.25) is 0 Å². The quantitative estimate of drug-likeness (QED) is 0.140. The number of hydrogen-bond donors (Lipinski definition) is 1. The number of ether oxygens (including phenoxy) is 2. The smallest absolute Gasteiger partial charge is 0.133 e. The maximum atomic E-state index is 5.92. The van der Waals surface area contributed by atoms with E-state index in [1.807, 2.05) is 80.1 Å². The molecule has 0 radical (unpaired) electrons. The van der Waals surface area contributed by atoms with Gasteiger partial charge in [-0.2, -0.15) is 0 Å². The predicted octanol–water partition coefficient (Wildman–Crippen LogP) is 6.03. The minimum atomic E-state index is 0.649. The Hall–Kier alpha value is -3.58. The maximum Gasteiger partial charge on any atom is 0.133 e. The summed E-state index contributed by atoms with van der Waals surface area (Å²) in [6.45, 7) is 3.21. The minimum Gasteiger partial charge on any atom is -0.492 e. The molecule has 12 heteroatoms. The van der Waals surface area contributed by atoms with Gasteiger partial charge in [-0.25, -0.2) is 9.36 Å². The molecule has 0 saturated heterocycles. The van der Waals surface area contributed by atoms with E-state index < -0.39 is 0 Å². The summed E-state index contributed by atoms with van der Waals surface area (Å²) in [4.78, 5) is 2.15. The zero-order valence-electron chi connectivity index (χ0n) is 24.4. The Morgan fingerprint density at radius 3 is 1.65 bits per heavy atom. The predicted molar refractivity (Wildman–Crippen MR) is 175 cm³/mol. The number of nitrogens with zero attached hydrogens (tertiary/aromatic N) is 7. The van der Waals surface area contributed by atoms with Crippen molar-refractivity contribution in [2.45, 2.75) is 12.8 Å². The molecule has 0 bridgehead atoms. The third-order valence-corrected chi connectivity index (χ3v) is 7.90. The topological polar surface area (TPSA) is 95.2 Å². The van der Waals surface area contributed by atoms with E-state index >= 15 is 0 Å². The van der Waals surface area contributed by atoms with E-state index in [1.54, 1.807) is 9.36 Å². The minimum absolute atomic E-state index is 0.649. The first-order chi connectivity index (χ1) is 20.9. The maximum absolute atomic E-state index is 5.92. The van der Waals surface area contributed by atoms with Crippen molar-refractivity contribution in [3.8, 4) is 45.4 Å². The molecule has 10 nitrogen and oxygen atoms in total. The van der Waals surface area contributed by atoms with Gasteiger partial charge in [-0.15, -0.1) is 10.2 Å². The van der Waals surface area contributed by atoms with E-state index in [2.05, 4.69) is 76.8 Å². The second-order valence-electron chi connectivity index (χ2n) is 10.2. The van der Waals surface area contributed by atoms with Crippen molar-refractivity contribution in [1.82, 2.24) is 40.2 Å². The number of rotatable bonds is 14. The largest absolute Gasteiger partial charge is 0.492 e. The molecule has 3 aromatic carbocycles. The molecule has 0 fully saturated rings. The van der Waals surface area contributed by atoms with Crippen LogP contribution in [0, 0.1) is 0 Å². The normalized spacial score (nSPS) is 11.3. The van der Waals surface area contributed by atoms with Crippen LogP contribution in [0.3, 0.4) is 0 Å². The van der Waals surface area contributed by atoms with Gasteiger partial charge in [-0.3, -0.25) is 0 Å². The Kier molecular flexibility index (Phi) is 10.6. The highest BCUT2D eigenvalue weighted by Crippen LogP contribution is 2.30. The molecule has 224 valence electrons. The van der Waals surface area contributed by atoms with Gasteiger partial charge in [0.15, 0.2) is 0 Å². The first kappa shape index (κ1) is 30.9. The molecule has 0 unspecified atom stereocenters. The molecule has 0 aliphatic carbocycles. The molecule has 5 rings (SSSR count). The van der Waals surface area contributed by atoms with E-state index in [9.17, 15) is 0 Å². The molecule has 1 N–H and O–H groups in total. The molecule has 43 heavy (non-hydrogen) atoms. The highest BCUT2D eigenvalue weighted by molar-refractivity contribution is 9.11. The van der Waals surface area contributed by atoms with Crippen LogP contribution in [0.15, 0.2) is 82.0 Å². The SMILES string of the molecule is CNCCCOc1ccc(-n2cc(-c3ccc(-c4cn(-c5ccc(OCCCN(C)C)c(Br)c5)nn4)cc3)nn2)cc1Br. The molecule has 2 aromatic heterocycles. The molecule has 0 aliphatic rings. The van der Waals surface area contributed by atoms with Crippen molar-refractivity contribution in [1.29, 1.82) is 0 Å². The van der Waals surface area contributed by atoms with Gasteiger partial charge in [-0.05, 0) is 109 Å². The molecule has 5 aromatic rings. The van der Waals surface area contributed by atoms with Crippen LogP contribution in [0.25, 0.3) is 33.9 Å². The number of nitrogens with one attached hydrogen (secondary N) is 1. The lowest BCUT2D eigenvalue weighted by atomic mass is 10.1. The molecular formula is C31H34Br2N8O2. The number of aromatic nitrogens is 6. The van der Waals surface area contributed by atoms with E-state index in [0.717, 1.165) is 80.3 Å². The molecular weight excluding hydrogens is 676 g/mol. The van der Waals surface area contributed by atoms with Crippen LogP contribution >= 0.6 is 31.9 Å². The highest BCUT2D eigenvalue weighted by atomic mass is 79.9. The van der Waals surface area contributed by atoms with Gasteiger partial charge in [0, 0.05) is 17.7 Å². The van der Waals surface area contributed by atoms with Crippen molar-refractivity contribution < 1.29 is 9.47 Å². The van der Waals surface area contributed by atoms with Crippen molar-refractivity contribution in [3.05, 3.63) is 82.0 Å². The fraction of sp³-hybridized carbons (Fsp3) is 0.290. The van der Waals surface area contributed by atoms with Crippen LogP contribution in [0.1, 0.15) is 12.8 Å². The van der Waals surface area contributed by atoms with Crippen LogP contribution in [-0.2, 0) is 0 Å². The van der Waals surface area contributed by atoms with Gasteiger partial charge in [0.25, 0.3) is 0 Å².